The average molecular weight is 261 g/mol. The molecule has 1 aromatic carbocycles. The molecular weight excluding hydrogens is 234 g/mol. The minimum absolute atomic E-state index is 0.187. The Morgan fingerprint density at radius 1 is 1.32 bits per heavy atom. The van der Waals surface area contributed by atoms with Gasteiger partial charge in [-0.25, -0.2) is 0 Å². The van der Waals surface area contributed by atoms with Crippen molar-refractivity contribution in [2.75, 3.05) is 19.7 Å². The highest BCUT2D eigenvalue weighted by Gasteiger charge is 2.15. The summed E-state index contributed by atoms with van der Waals surface area (Å²) in [6.45, 7) is 9.88. The first-order chi connectivity index (χ1) is 9.05. The zero-order chi connectivity index (χ0) is 13.7. The van der Waals surface area contributed by atoms with Crippen molar-refractivity contribution in [2.24, 2.45) is 5.92 Å². The maximum absolute atomic E-state index is 5.92. The number of nitrogens with one attached hydrogen (secondary N) is 1. The van der Waals surface area contributed by atoms with E-state index in [1.165, 1.54) is 24.9 Å². The topological polar surface area (TPSA) is 21.3 Å². The van der Waals surface area contributed by atoms with Crippen molar-refractivity contribution in [2.45, 2.75) is 45.4 Å². The highest BCUT2D eigenvalue weighted by atomic mass is 16.5. The summed E-state index contributed by atoms with van der Waals surface area (Å²) in [4.78, 5) is 0. The van der Waals surface area contributed by atoms with Crippen LogP contribution in [0, 0.1) is 5.92 Å². The van der Waals surface area contributed by atoms with Gasteiger partial charge in [0.05, 0.1) is 6.61 Å². The average Bonchev–Trinajstić information content (AvgIpc) is 2.39. The molecule has 0 aromatic heterocycles. The Hall–Kier alpha value is -1.02. The van der Waals surface area contributed by atoms with Gasteiger partial charge in [0, 0.05) is 0 Å². The van der Waals surface area contributed by atoms with Crippen molar-refractivity contribution in [1.29, 1.82) is 0 Å². The number of benzene rings is 1. The molecule has 1 aliphatic heterocycles. The second kappa shape index (κ2) is 6.42. The third-order valence-electron chi connectivity index (χ3n) is 3.89. The van der Waals surface area contributed by atoms with Crippen LogP contribution in [0.1, 0.15) is 45.6 Å². The van der Waals surface area contributed by atoms with Crippen molar-refractivity contribution in [3.8, 4) is 5.75 Å². The van der Waals surface area contributed by atoms with Gasteiger partial charge in [-0.05, 0) is 61.4 Å². The Morgan fingerprint density at radius 2 is 2.16 bits per heavy atom. The zero-order valence-electron chi connectivity index (χ0n) is 12.5. The van der Waals surface area contributed by atoms with Crippen LogP contribution in [0.4, 0.5) is 0 Å². The number of rotatable bonds is 4. The van der Waals surface area contributed by atoms with Crippen LogP contribution in [0.3, 0.4) is 0 Å². The molecule has 1 saturated heterocycles. The van der Waals surface area contributed by atoms with E-state index in [1.54, 1.807) is 0 Å². The molecule has 1 heterocycles. The molecule has 0 bridgehead atoms. The molecule has 0 radical (unpaired) electrons. The van der Waals surface area contributed by atoms with E-state index in [2.05, 4.69) is 50.4 Å². The molecule has 106 valence electrons. The van der Waals surface area contributed by atoms with E-state index in [0.717, 1.165) is 31.2 Å². The van der Waals surface area contributed by atoms with Crippen LogP contribution >= 0.6 is 0 Å². The Morgan fingerprint density at radius 3 is 2.84 bits per heavy atom. The minimum Gasteiger partial charge on any atom is -0.494 e. The molecule has 2 heteroatoms. The summed E-state index contributed by atoms with van der Waals surface area (Å²) in [5, 5.41) is 3.46. The Labute approximate surface area is 117 Å². The van der Waals surface area contributed by atoms with Gasteiger partial charge < -0.3 is 10.1 Å². The Balaban J connectivity index is 1.82. The summed E-state index contributed by atoms with van der Waals surface area (Å²) in [6, 6.07) is 8.52. The van der Waals surface area contributed by atoms with Crippen molar-refractivity contribution in [1.82, 2.24) is 5.32 Å². The van der Waals surface area contributed by atoms with Crippen molar-refractivity contribution < 1.29 is 4.74 Å². The molecule has 1 N–H and O–H groups in total. The lowest BCUT2D eigenvalue weighted by atomic mass is 9.87. The smallest absolute Gasteiger partial charge is 0.119 e. The van der Waals surface area contributed by atoms with E-state index in [1.807, 2.05) is 0 Å². The monoisotopic (exact) mass is 261 g/mol. The summed E-state index contributed by atoms with van der Waals surface area (Å²) < 4.78 is 5.92. The number of hydrogen-bond acceptors (Lipinski definition) is 2. The van der Waals surface area contributed by atoms with Gasteiger partial charge in [-0.2, -0.15) is 0 Å². The van der Waals surface area contributed by atoms with Gasteiger partial charge in [0.15, 0.2) is 0 Å². The number of piperidine rings is 1. The summed E-state index contributed by atoms with van der Waals surface area (Å²) in [7, 11) is 0. The van der Waals surface area contributed by atoms with E-state index in [-0.39, 0.29) is 5.41 Å². The normalized spacial score (nSPS) is 20.3. The lowest BCUT2D eigenvalue weighted by molar-refractivity contribution is 0.253. The van der Waals surface area contributed by atoms with Crippen LogP contribution in [0.2, 0.25) is 0 Å². The summed E-state index contributed by atoms with van der Waals surface area (Å²) >= 11 is 0. The van der Waals surface area contributed by atoms with Crippen LogP contribution in [-0.2, 0) is 5.41 Å². The summed E-state index contributed by atoms with van der Waals surface area (Å²) in [5.41, 5.74) is 1.52. The SMILES string of the molecule is CC(C)(C)c1cccc(OCC[C@H]2CCCNC2)c1. The first kappa shape index (κ1) is 14.4. The van der Waals surface area contributed by atoms with E-state index in [0.29, 0.717) is 0 Å². The lowest BCUT2D eigenvalue weighted by Crippen LogP contribution is -2.30. The number of hydrogen-bond donors (Lipinski definition) is 1. The molecule has 0 unspecified atom stereocenters. The quantitative estimate of drug-likeness (QED) is 0.891. The molecule has 0 amide bonds. The zero-order valence-corrected chi connectivity index (χ0v) is 12.5. The maximum atomic E-state index is 5.92. The van der Waals surface area contributed by atoms with Crippen molar-refractivity contribution >= 4 is 0 Å². The van der Waals surface area contributed by atoms with Crippen LogP contribution in [-0.4, -0.2) is 19.7 Å². The van der Waals surface area contributed by atoms with Gasteiger partial charge in [-0.3, -0.25) is 0 Å². The summed E-state index contributed by atoms with van der Waals surface area (Å²) in [5.74, 6) is 1.80. The van der Waals surface area contributed by atoms with Crippen molar-refractivity contribution in [3.63, 3.8) is 0 Å². The molecule has 0 spiro atoms. The highest BCUT2D eigenvalue weighted by molar-refractivity contribution is 5.32. The largest absolute Gasteiger partial charge is 0.494 e. The van der Waals surface area contributed by atoms with Crippen LogP contribution in [0.15, 0.2) is 24.3 Å². The standard InChI is InChI=1S/C17H27NO/c1-17(2,3)15-7-4-8-16(12-15)19-11-9-14-6-5-10-18-13-14/h4,7-8,12,14,18H,5-6,9-11,13H2,1-3H3/t14-/m1/s1. The van der Waals surface area contributed by atoms with Gasteiger partial charge in [0.2, 0.25) is 0 Å². The lowest BCUT2D eigenvalue weighted by Gasteiger charge is -2.23. The Kier molecular flexibility index (Phi) is 4.87. The predicted octanol–water partition coefficient (Wildman–Crippen LogP) is 3.75. The molecule has 19 heavy (non-hydrogen) atoms. The maximum Gasteiger partial charge on any atom is 0.119 e. The van der Waals surface area contributed by atoms with E-state index >= 15 is 0 Å². The number of ether oxygens (including phenoxy) is 1. The van der Waals surface area contributed by atoms with Gasteiger partial charge >= 0.3 is 0 Å². The second-order valence-corrected chi connectivity index (χ2v) is 6.63. The third kappa shape index (κ3) is 4.54. The summed E-state index contributed by atoms with van der Waals surface area (Å²) in [6.07, 6.45) is 3.81. The molecule has 2 nitrogen and oxygen atoms in total. The van der Waals surface area contributed by atoms with Gasteiger partial charge in [-0.15, -0.1) is 0 Å². The fourth-order valence-corrected chi connectivity index (χ4v) is 2.57. The fourth-order valence-electron chi connectivity index (χ4n) is 2.57. The molecule has 1 atom stereocenters. The highest BCUT2D eigenvalue weighted by Crippen LogP contribution is 2.26. The minimum atomic E-state index is 0.187. The van der Waals surface area contributed by atoms with Crippen LogP contribution < -0.4 is 10.1 Å². The first-order valence-corrected chi connectivity index (χ1v) is 7.50. The van der Waals surface area contributed by atoms with Crippen molar-refractivity contribution in [3.05, 3.63) is 29.8 Å². The molecule has 1 aliphatic rings. The van der Waals surface area contributed by atoms with E-state index in [4.69, 9.17) is 4.74 Å². The van der Waals surface area contributed by atoms with Crippen LogP contribution in [0.25, 0.3) is 0 Å². The van der Waals surface area contributed by atoms with E-state index < -0.39 is 0 Å². The predicted molar refractivity (Wildman–Crippen MR) is 80.8 cm³/mol. The molecule has 2 rings (SSSR count). The molecule has 0 aliphatic carbocycles. The second-order valence-electron chi connectivity index (χ2n) is 6.63. The molecular formula is C17H27NO. The molecule has 1 aromatic rings. The molecule has 1 fully saturated rings. The van der Waals surface area contributed by atoms with Crippen LogP contribution in [0.5, 0.6) is 5.75 Å². The van der Waals surface area contributed by atoms with Gasteiger partial charge in [0.25, 0.3) is 0 Å². The first-order valence-electron chi connectivity index (χ1n) is 7.50. The third-order valence-corrected chi connectivity index (χ3v) is 3.89. The van der Waals surface area contributed by atoms with E-state index in [9.17, 15) is 0 Å². The van der Waals surface area contributed by atoms with Gasteiger partial charge in [0.1, 0.15) is 5.75 Å². The Bertz CT molecular complexity index is 388. The fraction of sp³-hybridized carbons (Fsp3) is 0.647. The van der Waals surface area contributed by atoms with Gasteiger partial charge in [-0.1, -0.05) is 32.9 Å². The molecule has 0 saturated carbocycles.